The molecule has 1 aliphatic rings. The zero-order valence-electron chi connectivity index (χ0n) is 9.07. The van der Waals surface area contributed by atoms with Gasteiger partial charge in [0.1, 0.15) is 0 Å². The fourth-order valence-electron chi connectivity index (χ4n) is 1.77. The maximum atomic E-state index is 11.3. The molecule has 1 heterocycles. The van der Waals surface area contributed by atoms with Crippen LogP contribution in [0.1, 0.15) is 20.3 Å². The van der Waals surface area contributed by atoms with Crippen molar-refractivity contribution in [2.75, 3.05) is 31.9 Å². The smallest absolute Gasteiger partial charge is 0.232 e. The molecule has 1 saturated heterocycles. The molecular weight excluding hydrogens is 196 g/mol. The molecule has 14 heavy (non-hydrogen) atoms. The van der Waals surface area contributed by atoms with Crippen LogP contribution >= 0.6 is 12.6 Å². The Kier molecular flexibility index (Phi) is 4.75. The Morgan fingerprint density at radius 1 is 1.36 bits per heavy atom. The number of carbonyl (C=O) groups excluding carboxylic acids is 1. The number of amides is 1. The van der Waals surface area contributed by atoms with Crippen molar-refractivity contribution < 1.29 is 4.79 Å². The molecule has 1 unspecified atom stereocenters. The highest BCUT2D eigenvalue weighted by Gasteiger charge is 2.22. The maximum absolute atomic E-state index is 11.3. The third kappa shape index (κ3) is 2.89. The van der Waals surface area contributed by atoms with Crippen LogP contribution in [0.4, 0.5) is 0 Å². The first-order valence-corrected chi connectivity index (χ1v) is 5.95. The highest BCUT2D eigenvalue weighted by Crippen LogP contribution is 2.08. The fourth-order valence-corrected chi connectivity index (χ4v) is 1.97. The largest absolute Gasteiger partial charge is 0.339 e. The van der Waals surface area contributed by atoms with Gasteiger partial charge in [-0.3, -0.25) is 9.69 Å². The third-order valence-corrected chi connectivity index (χ3v) is 3.29. The Hall–Kier alpha value is -0.220. The molecular formula is C10H20N2OS. The molecule has 0 aromatic rings. The summed E-state index contributed by atoms with van der Waals surface area (Å²) >= 11 is 4.00. The van der Waals surface area contributed by atoms with Gasteiger partial charge in [0.2, 0.25) is 5.91 Å². The predicted molar refractivity (Wildman–Crippen MR) is 61.8 cm³/mol. The molecule has 0 radical (unpaired) electrons. The van der Waals surface area contributed by atoms with E-state index in [2.05, 4.69) is 31.4 Å². The van der Waals surface area contributed by atoms with Crippen LogP contribution in [0.2, 0.25) is 0 Å². The van der Waals surface area contributed by atoms with Crippen molar-refractivity contribution in [1.29, 1.82) is 0 Å². The van der Waals surface area contributed by atoms with Crippen LogP contribution in [0.25, 0.3) is 0 Å². The van der Waals surface area contributed by atoms with Gasteiger partial charge in [-0.2, -0.15) is 12.6 Å². The summed E-state index contributed by atoms with van der Waals surface area (Å²) in [7, 11) is 0. The molecule has 0 aliphatic carbocycles. The number of hydrogen-bond acceptors (Lipinski definition) is 3. The molecule has 0 saturated carbocycles. The van der Waals surface area contributed by atoms with Crippen LogP contribution in [0.3, 0.4) is 0 Å². The van der Waals surface area contributed by atoms with Gasteiger partial charge < -0.3 is 4.90 Å². The van der Waals surface area contributed by atoms with E-state index >= 15 is 0 Å². The van der Waals surface area contributed by atoms with Crippen molar-refractivity contribution in [3.63, 3.8) is 0 Å². The van der Waals surface area contributed by atoms with Gasteiger partial charge in [-0.05, 0) is 13.3 Å². The summed E-state index contributed by atoms with van der Waals surface area (Å²) in [6.45, 7) is 8.20. The summed E-state index contributed by atoms with van der Waals surface area (Å²) in [5, 5.41) is 0. The van der Waals surface area contributed by atoms with Crippen molar-refractivity contribution >= 4 is 18.5 Å². The van der Waals surface area contributed by atoms with Crippen molar-refractivity contribution in [2.24, 2.45) is 0 Å². The third-order valence-electron chi connectivity index (χ3n) is 3.02. The van der Waals surface area contributed by atoms with Gasteiger partial charge >= 0.3 is 0 Å². The van der Waals surface area contributed by atoms with Gasteiger partial charge in [-0.1, -0.05) is 6.92 Å². The number of piperazine rings is 1. The Morgan fingerprint density at radius 3 is 2.36 bits per heavy atom. The maximum Gasteiger partial charge on any atom is 0.232 e. The highest BCUT2D eigenvalue weighted by atomic mass is 32.1. The summed E-state index contributed by atoms with van der Waals surface area (Å²) in [5.41, 5.74) is 0. The Bertz CT molecular complexity index is 191. The van der Waals surface area contributed by atoms with Crippen molar-refractivity contribution in [1.82, 2.24) is 9.80 Å². The van der Waals surface area contributed by atoms with E-state index in [1.165, 1.54) is 6.42 Å². The lowest BCUT2D eigenvalue weighted by Crippen LogP contribution is -2.51. The lowest BCUT2D eigenvalue weighted by Gasteiger charge is -2.37. The molecule has 1 fully saturated rings. The number of nitrogens with zero attached hydrogens (tertiary/aromatic N) is 2. The van der Waals surface area contributed by atoms with Crippen LogP contribution in [0.15, 0.2) is 0 Å². The molecule has 0 bridgehead atoms. The summed E-state index contributed by atoms with van der Waals surface area (Å²) in [6.07, 6.45) is 1.18. The zero-order valence-corrected chi connectivity index (χ0v) is 9.96. The van der Waals surface area contributed by atoms with Crippen LogP contribution in [0.5, 0.6) is 0 Å². The average molecular weight is 216 g/mol. The highest BCUT2D eigenvalue weighted by molar-refractivity contribution is 7.81. The average Bonchev–Trinajstić information content (AvgIpc) is 2.27. The number of thiol groups is 1. The van der Waals surface area contributed by atoms with E-state index in [0.717, 1.165) is 26.2 Å². The first-order chi connectivity index (χ1) is 6.69. The van der Waals surface area contributed by atoms with Crippen LogP contribution in [0, 0.1) is 0 Å². The molecule has 1 atom stereocenters. The Labute approximate surface area is 91.9 Å². The molecule has 1 rings (SSSR count). The quantitative estimate of drug-likeness (QED) is 0.707. The van der Waals surface area contributed by atoms with Crippen LogP contribution in [-0.2, 0) is 4.79 Å². The van der Waals surface area contributed by atoms with Crippen molar-refractivity contribution in [2.45, 2.75) is 26.3 Å². The van der Waals surface area contributed by atoms with Gasteiger partial charge in [0, 0.05) is 32.2 Å². The predicted octanol–water partition coefficient (Wildman–Crippen LogP) is 0.859. The van der Waals surface area contributed by atoms with E-state index < -0.39 is 0 Å². The minimum absolute atomic E-state index is 0.164. The van der Waals surface area contributed by atoms with Crippen LogP contribution in [-0.4, -0.2) is 53.7 Å². The molecule has 82 valence electrons. The molecule has 1 amide bonds. The Morgan fingerprint density at radius 2 is 1.93 bits per heavy atom. The van der Waals surface area contributed by atoms with E-state index in [1.54, 1.807) is 0 Å². The molecule has 4 heteroatoms. The topological polar surface area (TPSA) is 23.6 Å². The van der Waals surface area contributed by atoms with Crippen LogP contribution < -0.4 is 0 Å². The van der Waals surface area contributed by atoms with Gasteiger partial charge in [0.15, 0.2) is 0 Å². The van der Waals surface area contributed by atoms with E-state index in [4.69, 9.17) is 0 Å². The molecule has 0 aromatic heterocycles. The minimum atomic E-state index is 0.164. The van der Waals surface area contributed by atoms with E-state index in [9.17, 15) is 4.79 Å². The first kappa shape index (κ1) is 11.9. The van der Waals surface area contributed by atoms with E-state index in [0.29, 0.717) is 11.8 Å². The zero-order chi connectivity index (χ0) is 10.6. The summed E-state index contributed by atoms with van der Waals surface area (Å²) < 4.78 is 0. The molecule has 0 spiro atoms. The van der Waals surface area contributed by atoms with Gasteiger partial charge in [-0.15, -0.1) is 0 Å². The SMILES string of the molecule is CCC(C)N1CCN(C(=O)CS)CC1. The second-order valence-electron chi connectivity index (χ2n) is 3.83. The van der Waals surface area contributed by atoms with Crippen molar-refractivity contribution in [3.05, 3.63) is 0 Å². The second kappa shape index (κ2) is 5.61. The molecule has 0 N–H and O–H groups in total. The normalized spacial score (nSPS) is 20.9. The van der Waals surface area contributed by atoms with Gasteiger partial charge in [-0.25, -0.2) is 0 Å². The number of carbonyl (C=O) groups is 1. The molecule has 1 aliphatic heterocycles. The molecule has 3 nitrogen and oxygen atoms in total. The minimum Gasteiger partial charge on any atom is -0.339 e. The second-order valence-corrected chi connectivity index (χ2v) is 4.15. The molecule has 0 aromatic carbocycles. The standard InChI is InChI=1S/C10H20N2OS/c1-3-9(2)11-4-6-12(7-5-11)10(13)8-14/h9,14H,3-8H2,1-2H3. The monoisotopic (exact) mass is 216 g/mol. The number of rotatable bonds is 3. The number of hydrogen-bond donors (Lipinski definition) is 1. The van der Waals surface area contributed by atoms with Crippen molar-refractivity contribution in [3.8, 4) is 0 Å². The van der Waals surface area contributed by atoms with Gasteiger partial charge in [0.05, 0.1) is 5.75 Å². The van der Waals surface area contributed by atoms with E-state index in [1.807, 2.05) is 4.90 Å². The lowest BCUT2D eigenvalue weighted by molar-refractivity contribution is -0.130. The van der Waals surface area contributed by atoms with Gasteiger partial charge in [0.25, 0.3) is 0 Å². The lowest BCUT2D eigenvalue weighted by atomic mass is 10.2. The summed E-state index contributed by atoms with van der Waals surface area (Å²) in [4.78, 5) is 15.7. The Balaban J connectivity index is 2.34. The van der Waals surface area contributed by atoms with E-state index in [-0.39, 0.29) is 5.91 Å². The first-order valence-electron chi connectivity index (χ1n) is 5.31. The summed E-state index contributed by atoms with van der Waals surface area (Å²) in [5.74, 6) is 0.501. The fraction of sp³-hybridized carbons (Fsp3) is 0.900. The summed E-state index contributed by atoms with van der Waals surface area (Å²) in [6, 6.07) is 0.642.